The zero-order chi connectivity index (χ0) is 16.7. The minimum Gasteiger partial charge on any atom is -0.462 e. The number of benzene rings is 2. The van der Waals surface area contributed by atoms with E-state index in [-0.39, 0.29) is 12.2 Å². The van der Waals surface area contributed by atoms with Crippen molar-refractivity contribution in [3.8, 4) is 0 Å². The van der Waals surface area contributed by atoms with Crippen LogP contribution in [0.25, 0.3) is 0 Å². The molecule has 0 saturated carbocycles. The molecule has 2 aromatic carbocycles. The second kappa shape index (κ2) is 8.39. The van der Waals surface area contributed by atoms with Gasteiger partial charge in [-0.1, -0.05) is 42.5 Å². The monoisotopic (exact) mass is 329 g/mol. The molecule has 0 bridgehead atoms. The molecule has 5 heteroatoms. The van der Waals surface area contributed by atoms with E-state index in [1.165, 1.54) is 0 Å². The Morgan fingerprint density at radius 1 is 1.09 bits per heavy atom. The predicted octanol–water partition coefficient (Wildman–Crippen LogP) is 3.80. The number of Topliss-reactive ketones (excluding diaryl/α,β-unsaturated/α-hetero) is 1. The number of nitrogens with one attached hydrogen (secondary N) is 1. The molecule has 0 aliphatic heterocycles. The van der Waals surface area contributed by atoms with E-state index in [1.54, 1.807) is 37.3 Å². The first-order valence-electron chi connectivity index (χ1n) is 7.40. The van der Waals surface area contributed by atoms with Crippen LogP contribution in [0.5, 0.6) is 0 Å². The second-order valence-electron chi connectivity index (χ2n) is 4.92. The fourth-order valence-electron chi connectivity index (χ4n) is 2.14. The summed E-state index contributed by atoms with van der Waals surface area (Å²) in [7, 11) is 0. The topological polar surface area (TPSA) is 55.4 Å². The number of hydrogen-bond acceptors (Lipinski definition) is 5. The fourth-order valence-corrected chi connectivity index (χ4v) is 2.45. The number of esters is 1. The third kappa shape index (κ3) is 4.86. The van der Waals surface area contributed by atoms with Crippen molar-refractivity contribution >= 4 is 30.1 Å². The average molecular weight is 329 g/mol. The lowest BCUT2D eigenvalue weighted by atomic mass is 10.1. The minimum absolute atomic E-state index is 0.00767. The molecule has 0 amide bonds. The number of carbonyl (C=O) groups is 2. The number of para-hydroxylation sites is 1. The van der Waals surface area contributed by atoms with Crippen LogP contribution in [0.15, 0.2) is 54.6 Å². The van der Waals surface area contributed by atoms with Crippen LogP contribution in [0.4, 0.5) is 5.69 Å². The smallest absolute Gasteiger partial charge is 0.340 e. The summed E-state index contributed by atoms with van der Waals surface area (Å²) in [4.78, 5) is 24.1. The molecule has 0 fully saturated rings. The standard InChI is InChI=1S/C18H19NO3S/c1-2-22-18(21)14-10-6-7-11-15(14)19-17(23)12-16(20)13-8-4-3-5-9-13/h3-11,17,19,23H,2,12H2,1H3. The molecule has 0 saturated heterocycles. The van der Waals surface area contributed by atoms with Crippen LogP contribution in [0.1, 0.15) is 34.1 Å². The Morgan fingerprint density at radius 2 is 1.74 bits per heavy atom. The number of ketones is 1. The number of hydrogen-bond donors (Lipinski definition) is 2. The van der Waals surface area contributed by atoms with Gasteiger partial charge < -0.3 is 10.1 Å². The Hall–Kier alpha value is -2.27. The van der Waals surface area contributed by atoms with E-state index in [1.807, 2.05) is 24.3 Å². The molecule has 1 N–H and O–H groups in total. The van der Waals surface area contributed by atoms with E-state index >= 15 is 0 Å². The predicted molar refractivity (Wildman–Crippen MR) is 94.2 cm³/mol. The number of thiol groups is 1. The summed E-state index contributed by atoms with van der Waals surface area (Å²) in [5, 5.41) is 2.69. The van der Waals surface area contributed by atoms with Gasteiger partial charge in [-0.25, -0.2) is 4.79 Å². The van der Waals surface area contributed by atoms with Gasteiger partial charge in [0.05, 0.1) is 17.5 Å². The number of rotatable bonds is 7. The summed E-state index contributed by atoms with van der Waals surface area (Å²) < 4.78 is 5.03. The number of anilines is 1. The average Bonchev–Trinajstić information content (AvgIpc) is 2.56. The normalized spacial score (nSPS) is 11.6. The van der Waals surface area contributed by atoms with Crippen LogP contribution in [0.2, 0.25) is 0 Å². The van der Waals surface area contributed by atoms with Crippen molar-refractivity contribution in [3.63, 3.8) is 0 Å². The van der Waals surface area contributed by atoms with Crippen molar-refractivity contribution in [1.29, 1.82) is 0 Å². The molecule has 2 aromatic rings. The van der Waals surface area contributed by atoms with Crippen molar-refractivity contribution in [2.75, 3.05) is 11.9 Å². The summed E-state index contributed by atoms with van der Waals surface area (Å²) in [5.41, 5.74) is 1.68. The molecule has 0 radical (unpaired) electrons. The Balaban J connectivity index is 2.04. The van der Waals surface area contributed by atoms with Gasteiger partial charge in [-0.05, 0) is 19.1 Å². The van der Waals surface area contributed by atoms with Gasteiger partial charge in [0.1, 0.15) is 0 Å². The molecule has 0 aromatic heterocycles. The van der Waals surface area contributed by atoms with E-state index in [0.717, 1.165) is 0 Å². The van der Waals surface area contributed by atoms with Gasteiger partial charge >= 0.3 is 5.97 Å². The zero-order valence-corrected chi connectivity index (χ0v) is 13.8. The summed E-state index contributed by atoms with van der Waals surface area (Å²) >= 11 is 4.41. The first kappa shape index (κ1) is 17.1. The highest BCUT2D eigenvalue weighted by atomic mass is 32.1. The van der Waals surface area contributed by atoms with Crippen molar-refractivity contribution in [3.05, 3.63) is 65.7 Å². The first-order chi connectivity index (χ1) is 11.1. The van der Waals surface area contributed by atoms with Gasteiger partial charge in [-0.15, -0.1) is 0 Å². The van der Waals surface area contributed by atoms with Crippen molar-refractivity contribution in [1.82, 2.24) is 0 Å². The highest BCUT2D eigenvalue weighted by Gasteiger charge is 2.16. The molecule has 1 atom stereocenters. The van der Waals surface area contributed by atoms with Gasteiger partial charge in [-0.2, -0.15) is 12.6 Å². The quantitative estimate of drug-likeness (QED) is 0.351. The number of ether oxygens (including phenoxy) is 1. The second-order valence-corrected chi connectivity index (χ2v) is 5.54. The van der Waals surface area contributed by atoms with E-state index in [9.17, 15) is 9.59 Å². The summed E-state index contributed by atoms with van der Waals surface area (Å²) in [5.74, 6) is -0.405. The van der Waals surface area contributed by atoms with Gasteiger partial charge in [0.15, 0.2) is 5.78 Å². The lowest BCUT2D eigenvalue weighted by Crippen LogP contribution is -2.19. The Labute approximate surface area is 141 Å². The highest BCUT2D eigenvalue weighted by Crippen LogP contribution is 2.20. The van der Waals surface area contributed by atoms with Crippen LogP contribution in [-0.2, 0) is 4.74 Å². The molecule has 4 nitrogen and oxygen atoms in total. The van der Waals surface area contributed by atoms with Crippen molar-refractivity contribution in [2.24, 2.45) is 0 Å². The molecule has 120 valence electrons. The third-order valence-corrected chi connectivity index (χ3v) is 3.53. The van der Waals surface area contributed by atoms with E-state index in [2.05, 4.69) is 17.9 Å². The molecular formula is C18H19NO3S. The van der Waals surface area contributed by atoms with E-state index in [4.69, 9.17) is 4.74 Å². The summed E-state index contributed by atoms with van der Waals surface area (Å²) in [6, 6.07) is 16.1. The fraction of sp³-hybridized carbons (Fsp3) is 0.222. The summed E-state index contributed by atoms with van der Waals surface area (Å²) in [6.45, 7) is 2.07. The van der Waals surface area contributed by atoms with Gasteiger partial charge in [0.25, 0.3) is 0 Å². The Bertz CT molecular complexity index is 673. The maximum Gasteiger partial charge on any atom is 0.340 e. The lowest BCUT2D eigenvalue weighted by Gasteiger charge is -2.16. The summed E-state index contributed by atoms with van der Waals surface area (Å²) in [6.07, 6.45) is 0.213. The molecule has 0 spiro atoms. The molecule has 0 heterocycles. The molecule has 1 unspecified atom stereocenters. The minimum atomic E-state index is -0.404. The molecular weight excluding hydrogens is 310 g/mol. The van der Waals surface area contributed by atoms with Crippen LogP contribution in [-0.4, -0.2) is 23.7 Å². The van der Waals surface area contributed by atoms with E-state index < -0.39 is 11.3 Å². The maximum atomic E-state index is 12.2. The maximum absolute atomic E-state index is 12.2. The molecule has 0 aliphatic carbocycles. The van der Waals surface area contributed by atoms with Crippen LogP contribution >= 0.6 is 12.6 Å². The molecule has 0 aliphatic rings. The number of carbonyl (C=O) groups excluding carboxylic acids is 2. The highest BCUT2D eigenvalue weighted by molar-refractivity contribution is 7.81. The van der Waals surface area contributed by atoms with Crippen molar-refractivity contribution < 1.29 is 14.3 Å². The largest absolute Gasteiger partial charge is 0.462 e. The molecule has 23 heavy (non-hydrogen) atoms. The molecule has 2 rings (SSSR count). The van der Waals surface area contributed by atoms with Crippen LogP contribution in [0, 0.1) is 0 Å². The lowest BCUT2D eigenvalue weighted by molar-refractivity contribution is 0.0527. The Kier molecular flexibility index (Phi) is 6.23. The van der Waals surface area contributed by atoms with Gasteiger partial charge in [-0.3, -0.25) is 4.79 Å². The third-order valence-electron chi connectivity index (χ3n) is 3.22. The zero-order valence-electron chi connectivity index (χ0n) is 12.9. The van der Waals surface area contributed by atoms with Crippen molar-refractivity contribution in [2.45, 2.75) is 18.7 Å². The Morgan fingerprint density at radius 3 is 2.43 bits per heavy atom. The SMILES string of the molecule is CCOC(=O)c1ccccc1NC(S)CC(=O)c1ccccc1. The van der Waals surface area contributed by atoms with Gasteiger partial charge in [0.2, 0.25) is 0 Å². The van der Waals surface area contributed by atoms with Crippen LogP contribution in [0.3, 0.4) is 0 Å². The first-order valence-corrected chi connectivity index (χ1v) is 7.92. The van der Waals surface area contributed by atoms with E-state index in [0.29, 0.717) is 23.4 Å². The van der Waals surface area contributed by atoms with Gasteiger partial charge in [0, 0.05) is 17.7 Å². The van der Waals surface area contributed by atoms with Crippen LogP contribution < -0.4 is 5.32 Å².